The number of hydrogen-bond donors (Lipinski definition) is 1. The molecule has 2 aromatic heterocycles. The zero-order valence-corrected chi connectivity index (χ0v) is 14.7. The van der Waals surface area contributed by atoms with Gasteiger partial charge >= 0.3 is 0 Å². The maximum absolute atomic E-state index is 13.6. The number of nitriles is 1. The third-order valence-electron chi connectivity index (χ3n) is 3.64. The third kappa shape index (κ3) is 4.10. The molecule has 0 radical (unpaired) electrons. The molecule has 2 N–H and O–H groups in total. The number of ether oxygens (including phenoxy) is 1. The first kappa shape index (κ1) is 18.1. The standard InChI is InChI=1S/C19H16FN5O2/c1-19(2,20)27-15-5-3-12(4-6-15)16-10-23-17(7-13(16)8-21)25-11-14(9-24-25)18(22)26/h3-7,9-11H,1-2H3,(H2,22,26). The zero-order chi connectivity index (χ0) is 19.6. The summed E-state index contributed by atoms with van der Waals surface area (Å²) in [5.74, 6) is -1.63. The molecule has 2 heterocycles. The lowest BCUT2D eigenvalue weighted by molar-refractivity contribution is -0.0257. The summed E-state index contributed by atoms with van der Waals surface area (Å²) in [5.41, 5.74) is 7.16. The van der Waals surface area contributed by atoms with Crippen molar-refractivity contribution < 1.29 is 13.9 Å². The van der Waals surface area contributed by atoms with Gasteiger partial charge in [-0.15, -0.1) is 0 Å². The minimum atomic E-state index is -1.78. The lowest BCUT2D eigenvalue weighted by Crippen LogP contribution is -2.20. The molecule has 27 heavy (non-hydrogen) atoms. The molecule has 0 aliphatic carbocycles. The van der Waals surface area contributed by atoms with Gasteiger partial charge < -0.3 is 10.5 Å². The van der Waals surface area contributed by atoms with Crippen LogP contribution in [0.15, 0.2) is 48.9 Å². The minimum Gasteiger partial charge on any atom is -0.459 e. The SMILES string of the molecule is CC(C)(F)Oc1ccc(-c2cnc(-n3cc(C(N)=O)cn3)cc2C#N)cc1. The Morgan fingerprint density at radius 1 is 1.30 bits per heavy atom. The first-order chi connectivity index (χ1) is 12.8. The lowest BCUT2D eigenvalue weighted by Gasteiger charge is -2.17. The van der Waals surface area contributed by atoms with Crippen molar-refractivity contribution in [2.24, 2.45) is 5.73 Å². The Morgan fingerprint density at radius 3 is 2.56 bits per heavy atom. The summed E-state index contributed by atoms with van der Waals surface area (Å²) in [6.07, 6.45) is 4.31. The van der Waals surface area contributed by atoms with E-state index in [1.807, 2.05) is 0 Å². The van der Waals surface area contributed by atoms with Crippen LogP contribution in [-0.2, 0) is 0 Å². The Hall–Kier alpha value is -3.73. The quantitative estimate of drug-likeness (QED) is 0.748. The highest BCUT2D eigenvalue weighted by Crippen LogP contribution is 2.27. The number of benzene rings is 1. The van der Waals surface area contributed by atoms with Crippen molar-refractivity contribution in [1.82, 2.24) is 14.8 Å². The highest BCUT2D eigenvalue weighted by Gasteiger charge is 2.17. The van der Waals surface area contributed by atoms with Gasteiger partial charge in [0.05, 0.1) is 23.4 Å². The van der Waals surface area contributed by atoms with Crippen LogP contribution in [0.5, 0.6) is 5.75 Å². The molecule has 1 aromatic carbocycles. The molecule has 0 saturated carbocycles. The number of hydrogen-bond acceptors (Lipinski definition) is 5. The van der Waals surface area contributed by atoms with Crippen molar-refractivity contribution in [2.45, 2.75) is 19.7 Å². The van der Waals surface area contributed by atoms with Crippen LogP contribution < -0.4 is 10.5 Å². The lowest BCUT2D eigenvalue weighted by atomic mass is 10.0. The molecule has 3 aromatic rings. The van der Waals surface area contributed by atoms with Gasteiger partial charge in [-0.2, -0.15) is 14.8 Å². The third-order valence-corrected chi connectivity index (χ3v) is 3.64. The number of pyridine rings is 1. The van der Waals surface area contributed by atoms with Crippen molar-refractivity contribution in [3.63, 3.8) is 0 Å². The zero-order valence-electron chi connectivity index (χ0n) is 14.7. The van der Waals surface area contributed by atoms with Crippen LogP contribution >= 0.6 is 0 Å². The van der Waals surface area contributed by atoms with E-state index in [4.69, 9.17) is 10.5 Å². The molecule has 0 aliphatic heterocycles. The monoisotopic (exact) mass is 365 g/mol. The van der Waals surface area contributed by atoms with Gasteiger partial charge in [-0.25, -0.2) is 9.67 Å². The molecule has 0 fully saturated rings. The van der Waals surface area contributed by atoms with Crippen molar-refractivity contribution in [2.75, 3.05) is 0 Å². The van der Waals surface area contributed by atoms with E-state index in [9.17, 15) is 14.4 Å². The van der Waals surface area contributed by atoms with Crippen LogP contribution in [0.25, 0.3) is 16.9 Å². The second-order valence-electron chi connectivity index (χ2n) is 6.23. The second-order valence-corrected chi connectivity index (χ2v) is 6.23. The van der Waals surface area contributed by atoms with E-state index < -0.39 is 11.8 Å². The Balaban J connectivity index is 1.92. The molecule has 0 unspecified atom stereocenters. The van der Waals surface area contributed by atoms with Crippen LogP contribution in [0.3, 0.4) is 0 Å². The number of aromatic nitrogens is 3. The number of nitrogens with zero attached hydrogens (tertiary/aromatic N) is 4. The van der Waals surface area contributed by atoms with Crippen molar-refractivity contribution in [1.29, 1.82) is 5.26 Å². The maximum atomic E-state index is 13.6. The highest BCUT2D eigenvalue weighted by atomic mass is 19.2. The van der Waals surface area contributed by atoms with E-state index in [1.54, 1.807) is 30.3 Å². The van der Waals surface area contributed by atoms with Crippen molar-refractivity contribution in [3.8, 4) is 28.8 Å². The van der Waals surface area contributed by atoms with Crippen LogP contribution in [0.4, 0.5) is 4.39 Å². The largest absolute Gasteiger partial charge is 0.459 e. The number of primary amides is 1. The Bertz CT molecular complexity index is 1030. The highest BCUT2D eigenvalue weighted by molar-refractivity contribution is 5.92. The molecule has 8 heteroatoms. The number of alkyl halides is 1. The molecule has 0 aliphatic rings. The Kier molecular flexibility index (Phi) is 4.60. The number of carbonyl (C=O) groups excluding carboxylic acids is 1. The molecule has 0 saturated heterocycles. The fourth-order valence-electron chi connectivity index (χ4n) is 2.45. The van der Waals surface area contributed by atoms with E-state index in [1.165, 1.54) is 37.1 Å². The summed E-state index contributed by atoms with van der Waals surface area (Å²) in [6, 6.07) is 10.4. The number of halogens is 1. The molecular formula is C19H16FN5O2. The van der Waals surface area contributed by atoms with Gasteiger partial charge in [0.1, 0.15) is 5.75 Å². The normalized spacial score (nSPS) is 11.0. The Morgan fingerprint density at radius 2 is 2.00 bits per heavy atom. The van der Waals surface area contributed by atoms with Gasteiger partial charge in [0.2, 0.25) is 5.85 Å². The fourth-order valence-corrected chi connectivity index (χ4v) is 2.45. The number of rotatable bonds is 5. The summed E-state index contributed by atoms with van der Waals surface area (Å²) in [5, 5.41) is 13.5. The topological polar surface area (TPSA) is 107 Å². The molecule has 0 bridgehead atoms. The predicted molar refractivity (Wildman–Crippen MR) is 95.8 cm³/mol. The molecule has 1 amide bonds. The summed E-state index contributed by atoms with van der Waals surface area (Å²) < 4.78 is 20.1. The van der Waals surface area contributed by atoms with Crippen LogP contribution in [0, 0.1) is 11.3 Å². The van der Waals surface area contributed by atoms with Crippen LogP contribution in [-0.4, -0.2) is 26.5 Å². The molecule has 0 atom stereocenters. The fraction of sp³-hybridized carbons (Fsp3) is 0.158. The average molecular weight is 365 g/mol. The first-order valence-corrected chi connectivity index (χ1v) is 8.00. The smallest absolute Gasteiger partial charge is 0.251 e. The van der Waals surface area contributed by atoms with E-state index >= 15 is 0 Å². The number of nitrogens with two attached hydrogens (primary N) is 1. The molecule has 136 valence electrons. The van der Waals surface area contributed by atoms with E-state index in [-0.39, 0.29) is 5.56 Å². The summed E-state index contributed by atoms with van der Waals surface area (Å²) >= 11 is 0. The molecule has 3 rings (SSSR count). The van der Waals surface area contributed by atoms with Crippen LogP contribution in [0.2, 0.25) is 0 Å². The van der Waals surface area contributed by atoms with E-state index in [0.717, 1.165) is 5.56 Å². The number of carbonyl (C=O) groups is 1. The molecular weight excluding hydrogens is 349 g/mol. The second kappa shape index (κ2) is 6.88. The minimum absolute atomic E-state index is 0.241. The summed E-state index contributed by atoms with van der Waals surface area (Å²) in [4.78, 5) is 15.5. The first-order valence-electron chi connectivity index (χ1n) is 8.00. The number of amides is 1. The van der Waals surface area contributed by atoms with Gasteiger partial charge in [0.15, 0.2) is 5.82 Å². The van der Waals surface area contributed by atoms with Crippen molar-refractivity contribution in [3.05, 3.63) is 60.0 Å². The van der Waals surface area contributed by atoms with Gasteiger partial charge in [-0.1, -0.05) is 12.1 Å². The maximum Gasteiger partial charge on any atom is 0.251 e. The summed E-state index contributed by atoms with van der Waals surface area (Å²) in [7, 11) is 0. The van der Waals surface area contributed by atoms with Gasteiger partial charge in [-0.05, 0) is 17.7 Å². The van der Waals surface area contributed by atoms with Crippen molar-refractivity contribution >= 4 is 5.91 Å². The van der Waals surface area contributed by atoms with Crippen LogP contribution in [0.1, 0.15) is 29.8 Å². The van der Waals surface area contributed by atoms with E-state index in [0.29, 0.717) is 22.7 Å². The van der Waals surface area contributed by atoms with Gasteiger partial charge in [0, 0.05) is 37.9 Å². The summed E-state index contributed by atoms with van der Waals surface area (Å²) in [6.45, 7) is 2.63. The molecule has 0 spiro atoms. The van der Waals surface area contributed by atoms with Gasteiger partial charge in [-0.3, -0.25) is 4.79 Å². The molecule has 7 nitrogen and oxygen atoms in total. The van der Waals surface area contributed by atoms with Gasteiger partial charge in [0.25, 0.3) is 5.91 Å². The Labute approximate surface area is 154 Å². The van der Waals surface area contributed by atoms with E-state index in [2.05, 4.69) is 16.2 Å². The average Bonchev–Trinajstić information content (AvgIpc) is 3.11. The predicted octanol–water partition coefficient (Wildman–Crippen LogP) is 2.99.